The number of allylic oxidation sites excluding steroid dienone is 2. The molecule has 2 rings (SSSR count). The van der Waals surface area contributed by atoms with E-state index in [1.807, 2.05) is 23.0 Å². The molecule has 0 unspecified atom stereocenters. The van der Waals surface area contributed by atoms with Gasteiger partial charge in [0.1, 0.15) is 0 Å². The standard InChI is InChI=1S/C14H14N2/c1-2-3-4-6-13-7-9-14(10-8-13)16-12-5-11-15-16/h2,4-12H,1,3H2/b6-4+. The van der Waals surface area contributed by atoms with E-state index < -0.39 is 0 Å². The molecule has 0 aliphatic rings. The molecule has 0 aliphatic heterocycles. The van der Waals surface area contributed by atoms with Crippen molar-refractivity contribution in [3.05, 3.63) is 67.0 Å². The van der Waals surface area contributed by atoms with E-state index in [-0.39, 0.29) is 0 Å². The summed E-state index contributed by atoms with van der Waals surface area (Å²) in [5.41, 5.74) is 2.27. The molecule has 0 aliphatic carbocycles. The minimum atomic E-state index is 0.904. The SMILES string of the molecule is C=CC/C=C/c1ccc(-n2cccn2)cc1. The fraction of sp³-hybridized carbons (Fsp3) is 0.0714. The van der Waals surface area contributed by atoms with E-state index in [9.17, 15) is 0 Å². The zero-order valence-electron chi connectivity index (χ0n) is 9.08. The normalized spacial score (nSPS) is 10.8. The van der Waals surface area contributed by atoms with Crippen LogP contribution in [0.1, 0.15) is 12.0 Å². The lowest BCUT2D eigenvalue weighted by Gasteiger charge is -2.01. The van der Waals surface area contributed by atoms with Crippen LogP contribution >= 0.6 is 0 Å². The van der Waals surface area contributed by atoms with Crippen LogP contribution in [0.25, 0.3) is 11.8 Å². The van der Waals surface area contributed by atoms with Gasteiger partial charge in [0.15, 0.2) is 0 Å². The fourth-order valence-electron chi connectivity index (χ4n) is 1.46. The van der Waals surface area contributed by atoms with Crippen LogP contribution < -0.4 is 0 Å². The monoisotopic (exact) mass is 210 g/mol. The van der Waals surface area contributed by atoms with Crippen molar-refractivity contribution < 1.29 is 0 Å². The van der Waals surface area contributed by atoms with Gasteiger partial charge in [-0.3, -0.25) is 0 Å². The van der Waals surface area contributed by atoms with Gasteiger partial charge in [-0.05, 0) is 30.2 Å². The first-order valence-electron chi connectivity index (χ1n) is 5.27. The zero-order valence-corrected chi connectivity index (χ0v) is 9.08. The highest BCUT2D eigenvalue weighted by atomic mass is 15.3. The molecule has 1 heterocycles. The van der Waals surface area contributed by atoms with Crippen LogP contribution in [0.3, 0.4) is 0 Å². The molecule has 0 N–H and O–H groups in total. The molecular formula is C14H14N2. The molecule has 1 aromatic carbocycles. The Kier molecular flexibility index (Phi) is 3.34. The molecule has 2 aromatic rings. The van der Waals surface area contributed by atoms with Crippen LogP contribution in [0, 0.1) is 0 Å². The van der Waals surface area contributed by atoms with E-state index in [4.69, 9.17) is 0 Å². The van der Waals surface area contributed by atoms with Gasteiger partial charge in [0.25, 0.3) is 0 Å². The van der Waals surface area contributed by atoms with E-state index in [0.29, 0.717) is 0 Å². The predicted molar refractivity (Wildman–Crippen MR) is 67.4 cm³/mol. The van der Waals surface area contributed by atoms with Crippen LogP contribution in [-0.2, 0) is 0 Å². The maximum absolute atomic E-state index is 4.18. The molecule has 80 valence electrons. The highest BCUT2D eigenvalue weighted by Crippen LogP contribution is 2.10. The molecule has 0 fully saturated rings. The van der Waals surface area contributed by atoms with Crippen LogP contribution in [0.15, 0.2) is 61.5 Å². The quantitative estimate of drug-likeness (QED) is 0.706. The molecule has 2 nitrogen and oxygen atoms in total. The van der Waals surface area contributed by atoms with Crippen molar-refractivity contribution in [3.63, 3.8) is 0 Å². The van der Waals surface area contributed by atoms with Gasteiger partial charge in [-0.15, -0.1) is 6.58 Å². The summed E-state index contributed by atoms with van der Waals surface area (Å²) >= 11 is 0. The number of hydrogen-bond acceptors (Lipinski definition) is 1. The van der Waals surface area contributed by atoms with E-state index in [2.05, 4.69) is 48.1 Å². The van der Waals surface area contributed by atoms with E-state index in [1.54, 1.807) is 6.20 Å². The average Bonchev–Trinajstić information content (AvgIpc) is 2.84. The first-order valence-corrected chi connectivity index (χ1v) is 5.27. The topological polar surface area (TPSA) is 17.8 Å². The third kappa shape index (κ3) is 2.48. The Morgan fingerprint density at radius 1 is 1.25 bits per heavy atom. The Bertz CT molecular complexity index is 464. The Morgan fingerprint density at radius 2 is 2.06 bits per heavy atom. The van der Waals surface area contributed by atoms with Gasteiger partial charge in [0.2, 0.25) is 0 Å². The lowest BCUT2D eigenvalue weighted by atomic mass is 10.2. The lowest BCUT2D eigenvalue weighted by Crippen LogP contribution is -1.93. The Balaban J connectivity index is 2.13. The van der Waals surface area contributed by atoms with E-state index in [1.165, 1.54) is 5.56 Å². The molecule has 2 heteroatoms. The molecule has 0 radical (unpaired) electrons. The van der Waals surface area contributed by atoms with Gasteiger partial charge in [-0.25, -0.2) is 4.68 Å². The van der Waals surface area contributed by atoms with Crippen molar-refractivity contribution in [2.45, 2.75) is 6.42 Å². The third-order valence-electron chi connectivity index (χ3n) is 2.28. The Labute approximate surface area is 95.5 Å². The molecule has 0 saturated heterocycles. The first-order chi connectivity index (χ1) is 7.90. The van der Waals surface area contributed by atoms with Crippen LogP contribution in [-0.4, -0.2) is 9.78 Å². The van der Waals surface area contributed by atoms with Crippen molar-refractivity contribution in [1.29, 1.82) is 0 Å². The lowest BCUT2D eigenvalue weighted by molar-refractivity contribution is 0.880. The third-order valence-corrected chi connectivity index (χ3v) is 2.28. The Morgan fingerprint density at radius 3 is 2.69 bits per heavy atom. The summed E-state index contributed by atoms with van der Waals surface area (Å²) < 4.78 is 1.84. The molecular weight excluding hydrogens is 196 g/mol. The highest BCUT2D eigenvalue weighted by molar-refractivity contribution is 5.51. The number of hydrogen-bond donors (Lipinski definition) is 0. The summed E-state index contributed by atoms with van der Waals surface area (Å²) in [6.45, 7) is 3.68. The molecule has 0 atom stereocenters. The summed E-state index contributed by atoms with van der Waals surface area (Å²) in [6, 6.07) is 10.2. The van der Waals surface area contributed by atoms with Gasteiger partial charge < -0.3 is 0 Å². The summed E-state index contributed by atoms with van der Waals surface area (Å²) in [7, 11) is 0. The average molecular weight is 210 g/mol. The molecule has 0 amide bonds. The number of benzene rings is 1. The van der Waals surface area contributed by atoms with Crippen molar-refractivity contribution in [1.82, 2.24) is 9.78 Å². The van der Waals surface area contributed by atoms with Crippen LogP contribution in [0.4, 0.5) is 0 Å². The maximum atomic E-state index is 4.18. The molecule has 0 bridgehead atoms. The van der Waals surface area contributed by atoms with Gasteiger partial charge in [-0.1, -0.05) is 30.4 Å². The molecule has 1 aromatic heterocycles. The molecule has 16 heavy (non-hydrogen) atoms. The van der Waals surface area contributed by atoms with Crippen molar-refractivity contribution >= 4 is 6.08 Å². The number of nitrogens with zero attached hydrogens (tertiary/aromatic N) is 2. The second-order valence-corrected chi connectivity index (χ2v) is 3.47. The largest absolute Gasteiger partial charge is 0.241 e. The number of rotatable bonds is 4. The molecule has 0 spiro atoms. The van der Waals surface area contributed by atoms with E-state index in [0.717, 1.165) is 12.1 Å². The second kappa shape index (κ2) is 5.12. The second-order valence-electron chi connectivity index (χ2n) is 3.47. The van der Waals surface area contributed by atoms with Crippen molar-refractivity contribution in [3.8, 4) is 5.69 Å². The molecule has 0 saturated carbocycles. The number of aromatic nitrogens is 2. The van der Waals surface area contributed by atoms with Crippen LogP contribution in [0.5, 0.6) is 0 Å². The smallest absolute Gasteiger partial charge is 0.0645 e. The zero-order chi connectivity index (χ0) is 11.2. The maximum Gasteiger partial charge on any atom is 0.0645 e. The van der Waals surface area contributed by atoms with Crippen molar-refractivity contribution in [2.75, 3.05) is 0 Å². The fourth-order valence-corrected chi connectivity index (χ4v) is 1.46. The van der Waals surface area contributed by atoms with E-state index >= 15 is 0 Å². The Hall–Kier alpha value is -2.09. The van der Waals surface area contributed by atoms with Gasteiger partial charge in [0, 0.05) is 12.4 Å². The minimum Gasteiger partial charge on any atom is -0.241 e. The summed E-state index contributed by atoms with van der Waals surface area (Å²) in [5.74, 6) is 0. The summed E-state index contributed by atoms with van der Waals surface area (Å²) in [4.78, 5) is 0. The van der Waals surface area contributed by atoms with Gasteiger partial charge in [0.05, 0.1) is 5.69 Å². The summed E-state index contributed by atoms with van der Waals surface area (Å²) in [5, 5.41) is 4.18. The first kappa shape index (κ1) is 10.4. The highest BCUT2D eigenvalue weighted by Gasteiger charge is 1.94. The van der Waals surface area contributed by atoms with Gasteiger partial charge >= 0.3 is 0 Å². The summed E-state index contributed by atoms with van der Waals surface area (Å²) in [6.07, 6.45) is 10.7. The predicted octanol–water partition coefficient (Wildman–Crippen LogP) is 3.46. The van der Waals surface area contributed by atoms with Gasteiger partial charge in [-0.2, -0.15) is 5.10 Å². The van der Waals surface area contributed by atoms with Crippen molar-refractivity contribution in [2.24, 2.45) is 0 Å². The minimum absolute atomic E-state index is 0.904. The van der Waals surface area contributed by atoms with Crippen LogP contribution in [0.2, 0.25) is 0 Å².